The van der Waals surface area contributed by atoms with Crippen LogP contribution in [0.2, 0.25) is 0 Å². The summed E-state index contributed by atoms with van der Waals surface area (Å²) in [5, 5.41) is 4.90. The first-order valence-corrected chi connectivity index (χ1v) is 7.07. The number of amides is 1. The highest BCUT2D eigenvalue weighted by atomic mass is 32.2. The second-order valence-corrected chi connectivity index (χ2v) is 5.71. The zero-order valence-electron chi connectivity index (χ0n) is 9.34. The van der Waals surface area contributed by atoms with E-state index in [0.29, 0.717) is 5.75 Å². The molecule has 17 heavy (non-hydrogen) atoms. The molecule has 90 valence electrons. The van der Waals surface area contributed by atoms with Gasteiger partial charge in [0.1, 0.15) is 5.82 Å². The van der Waals surface area contributed by atoms with Crippen molar-refractivity contribution in [3.8, 4) is 0 Å². The Balaban J connectivity index is 1.77. The van der Waals surface area contributed by atoms with Crippen LogP contribution < -0.4 is 5.32 Å². The van der Waals surface area contributed by atoms with E-state index in [0.717, 1.165) is 10.0 Å². The van der Waals surface area contributed by atoms with Gasteiger partial charge in [-0.25, -0.2) is 4.98 Å². The highest BCUT2D eigenvalue weighted by molar-refractivity contribution is 8.01. The van der Waals surface area contributed by atoms with E-state index in [9.17, 15) is 4.79 Å². The van der Waals surface area contributed by atoms with Gasteiger partial charge in [0.2, 0.25) is 5.91 Å². The van der Waals surface area contributed by atoms with Crippen molar-refractivity contribution in [1.82, 2.24) is 15.3 Å². The fourth-order valence-electron chi connectivity index (χ4n) is 1.35. The Kier molecular flexibility index (Phi) is 4.22. The Labute approximate surface area is 108 Å². The number of H-pyrrole nitrogens is 1. The first-order chi connectivity index (χ1) is 8.25. The smallest absolute Gasteiger partial charge is 0.230 e. The van der Waals surface area contributed by atoms with Gasteiger partial charge in [-0.15, -0.1) is 23.1 Å². The van der Waals surface area contributed by atoms with Crippen LogP contribution in [0.3, 0.4) is 0 Å². The summed E-state index contributed by atoms with van der Waals surface area (Å²) in [5.74, 6) is 1.23. The molecule has 0 aliphatic rings. The average Bonchev–Trinajstić information content (AvgIpc) is 2.99. The molecule has 0 saturated heterocycles. The van der Waals surface area contributed by atoms with Gasteiger partial charge in [-0.05, 0) is 18.4 Å². The Morgan fingerprint density at radius 3 is 3.24 bits per heavy atom. The zero-order valence-corrected chi connectivity index (χ0v) is 11.0. The van der Waals surface area contributed by atoms with Crippen LogP contribution in [-0.4, -0.2) is 21.6 Å². The van der Waals surface area contributed by atoms with Gasteiger partial charge in [0.15, 0.2) is 0 Å². The first kappa shape index (κ1) is 12.2. The summed E-state index contributed by atoms with van der Waals surface area (Å²) >= 11 is 3.20. The van der Waals surface area contributed by atoms with Crippen molar-refractivity contribution in [3.63, 3.8) is 0 Å². The summed E-state index contributed by atoms with van der Waals surface area (Å²) in [6.07, 6.45) is 3.43. The molecule has 2 N–H and O–H groups in total. The molecule has 2 rings (SSSR count). The summed E-state index contributed by atoms with van der Waals surface area (Å²) in [4.78, 5) is 18.8. The highest BCUT2D eigenvalue weighted by Crippen LogP contribution is 2.23. The number of thioether (sulfide) groups is 1. The maximum absolute atomic E-state index is 11.7. The first-order valence-electron chi connectivity index (χ1n) is 5.20. The van der Waals surface area contributed by atoms with E-state index in [1.807, 2.05) is 24.4 Å². The van der Waals surface area contributed by atoms with Crippen LogP contribution in [0, 0.1) is 0 Å². The minimum atomic E-state index is -0.0820. The van der Waals surface area contributed by atoms with Crippen LogP contribution in [0.5, 0.6) is 0 Å². The molecule has 6 heteroatoms. The number of carbonyl (C=O) groups excluding carboxylic acids is 1. The molecule has 2 aromatic rings. The second-order valence-electron chi connectivity index (χ2n) is 3.48. The standard InChI is InChI=1S/C11H13N3OS2/c1-8(11-12-4-5-13-11)14-9(15)7-17-10-3-2-6-16-10/h2-6,8H,7H2,1H3,(H,12,13)(H,14,15). The predicted molar refractivity (Wildman–Crippen MR) is 70.2 cm³/mol. The van der Waals surface area contributed by atoms with Gasteiger partial charge in [0, 0.05) is 12.4 Å². The zero-order chi connectivity index (χ0) is 12.1. The molecule has 0 bridgehead atoms. The fourth-order valence-corrected chi connectivity index (χ4v) is 2.94. The molecule has 2 heterocycles. The molecule has 1 atom stereocenters. The average molecular weight is 267 g/mol. The number of hydrogen-bond donors (Lipinski definition) is 2. The van der Waals surface area contributed by atoms with Gasteiger partial charge in [0.25, 0.3) is 0 Å². The summed E-state index contributed by atoms with van der Waals surface area (Å²) in [6, 6.07) is 3.91. The number of nitrogens with one attached hydrogen (secondary N) is 2. The SMILES string of the molecule is CC(NC(=O)CSc1cccs1)c1ncc[nH]1. The Morgan fingerprint density at radius 2 is 2.59 bits per heavy atom. The number of aromatic nitrogens is 2. The monoisotopic (exact) mass is 267 g/mol. The molecule has 2 aromatic heterocycles. The molecule has 0 aliphatic carbocycles. The van der Waals surface area contributed by atoms with Crippen LogP contribution in [0.25, 0.3) is 0 Å². The molecule has 1 amide bonds. The van der Waals surface area contributed by atoms with Crippen molar-refractivity contribution in [2.45, 2.75) is 17.2 Å². The Morgan fingerprint density at radius 1 is 1.71 bits per heavy atom. The number of thiophene rings is 1. The third-order valence-electron chi connectivity index (χ3n) is 2.15. The van der Waals surface area contributed by atoms with Crippen LogP contribution >= 0.6 is 23.1 Å². The quantitative estimate of drug-likeness (QED) is 0.818. The number of hydrogen-bond acceptors (Lipinski definition) is 4. The lowest BCUT2D eigenvalue weighted by atomic mass is 10.3. The third-order valence-corrected chi connectivity index (χ3v) is 4.28. The number of imidazole rings is 1. The lowest BCUT2D eigenvalue weighted by Crippen LogP contribution is -2.28. The minimum Gasteiger partial charge on any atom is -0.347 e. The molecule has 4 nitrogen and oxygen atoms in total. The number of carbonyl (C=O) groups is 1. The van der Waals surface area contributed by atoms with E-state index in [1.54, 1.807) is 35.5 Å². The van der Waals surface area contributed by atoms with E-state index in [4.69, 9.17) is 0 Å². The predicted octanol–water partition coefficient (Wildman–Crippen LogP) is 2.44. The van der Waals surface area contributed by atoms with E-state index in [-0.39, 0.29) is 11.9 Å². The van der Waals surface area contributed by atoms with Crippen LogP contribution in [0.4, 0.5) is 0 Å². The normalized spacial score (nSPS) is 12.3. The maximum Gasteiger partial charge on any atom is 0.230 e. The molecule has 0 aromatic carbocycles. The third kappa shape index (κ3) is 3.61. The van der Waals surface area contributed by atoms with E-state index in [2.05, 4.69) is 15.3 Å². The Hall–Kier alpha value is -1.27. The largest absolute Gasteiger partial charge is 0.347 e. The highest BCUT2D eigenvalue weighted by Gasteiger charge is 2.11. The van der Waals surface area contributed by atoms with Crippen molar-refractivity contribution in [1.29, 1.82) is 0 Å². The van der Waals surface area contributed by atoms with Gasteiger partial charge in [-0.3, -0.25) is 4.79 Å². The van der Waals surface area contributed by atoms with Crippen LogP contribution in [0.15, 0.2) is 34.1 Å². The van der Waals surface area contributed by atoms with E-state index in [1.165, 1.54) is 0 Å². The molecule has 0 aliphatic heterocycles. The molecular formula is C11H13N3OS2. The Bertz CT molecular complexity index is 453. The number of aromatic amines is 1. The van der Waals surface area contributed by atoms with Crippen molar-refractivity contribution < 1.29 is 4.79 Å². The maximum atomic E-state index is 11.7. The van der Waals surface area contributed by atoms with E-state index < -0.39 is 0 Å². The summed E-state index contributed by atoms with van der Waals surface area (Å²) in [6.45, 7) is 1.91. The van der Waals surface area contributed by atoms with Crippen LogP contribution in [-0.2, 0) is 4.79 Å². The van der Waals surface area contributed by atoms with Gasteiger partial charge in [-0.2, -0.15) is 0 Å². The topological polar surface area (TPSA) is 57.8 Å². The number of nitrogens with zero attached hydrogens (tertiary/aromatic N) is 1. The molecule has 0 spiro atoms. The van der Waals surface area contributed by atoms with Gasteiger partial charge < -0.3 is 10.3 Å². The van der Waals surface area contributed by atoms with Crippen molar-refractivity contribution >= 4 is 29.0 Å². The summed E-state index contributed by atoms with van der Waals surface area (Å²) in [7, 11) is 0. The van der Waals surface area contributed by atoms with Crippen LogP contribution in [0.1, 0.15) is 18.8 Å². The lowest BCUT2D eigenvalue weighted by Gasteiger charge is -2.10. The number of rotatable bonds is 5. The van der Waals surface area contributed by atoms with Crippen molar-refractivity contribution in [2.75, 3.05) is 5.75 Å². The van der Waals surface area contributed by atoms with Gasteiger partial charge in [0.05, 0.1) is 16.0 Å². The van der Waals surface area contributed by atoms with Gasteiger partial charge in [-0.1, -0.05) is 6.07 Å². The molecule has 1 unspecified atom stereocenters. The minimum absolute atomic E-state index is 0.0206. The fraction of sp³-hybridized carbons (Fsp3) is 0.273. The second kappa shape index (κ2) is 5.88. The molecule has 0 fully saturated rings. The van der Waals surface area contributed by atoms with E-state index >= 15 is 0 Å². The summed E-state index contributed by atoms with van der Waals surface area (Å²) in [5.41, 5.74) is 0. The molecular weight excluding hydrogens is 254 g/mol. The summed E-state index contributed by atoms with van der Waals surface area (Å²) < 4.78 is 1.16. The van der Waals surface area contributed by atoms with Gasteiger partial charge >= 0.3 is 0 Å². The van der Waals surface area contributed by atoms with Crippen molar-refractivity contribution in [2.24, 2.45) is 0 Å². The molecule has 0 radical (unpaired) electrons. The lowest BCUT2D eigenvalue weighted by molar-refractivity contribution is -0.119. The molecule has 0 saturated carbocycles. The van der Waals surface area contributed by atoms with Crippen molar-refractivity contribution in [3.05, 3.63) is 35.7 Å².